The lowest BCUT2D eigenvalue weighted by Gasteiger charge is -2.13. The first-order chi connectivity index (χ1) is 9.61. The fraction of sp³-hybridized carbons (Fsp3) is 0.267. The molecule has 0 saturated carbocycles. The summed E-state index contributed by atoms with van der Waals surface area (Å²) in [5, 5.41) is 14.7. The van der Waals surface area contributed by atoms with Crippen LogP contribution in [0.25, 0.3) is 0 Å². The molecule has 0 aliphatic carbocycles. The molecule has 2 heterocycles. The number of rotatable bonds is 3. The van der Waals surface area contributed by atoms with E-state index in [-0.39, 0.29) is 17.5 Å². The largest absolute Gasteiger partial charge is 0.383 e. The Morgan fingerprint density at radius 2 is 2.30 bits per heavy atom. The molecule has 0 bridgehead atoms. The quantitative estimate of drug-likeness (QED) is 0.910. The van der Waals surface area contributed by atoms with Gasteiger partial charge in [0.2, 0.25) is 5.91 Å². The van der Waals surface area contributed by atoms with Gasteiger partial charge in [-0.25, -0.2) is 4.39 Å². The molecular formula is C15H14FNO2S. The third kappa shape index (κ3) is 2.03. The van der Waals surface area contributed by atoms with Crippen molar-refractivity contribution in [2.24, 2.45) is 0 Å². The van der Waals surface area contributed by atoms with E-state index in [0.717, 1.165) is 4.88 Å². The van der Waals surface area contributed by atoms with Gasteiger partial charge in [-0.3, -0.25) is 4.79 Å². The van der Waals surface area contributed by atoms with Gasteiger partial charge in [-0.2, -0.15) is 0 Å². The predicted molar refractivity (Wildman–Crippen MR) is 76.4 cm³/mol. The minimum atomic E-state index is -0.858. The predicted octanol–water partition coefficient (Wildman–Crippen LogP) is 3.41. The summed E-state index contributed by atoms with van der Waals surface area (Å²) in [6, 6.07) is 6.67. The van der Waals surface area contributed by atoms with Crippen LogP contribution in [0.1, 0.15) is 41.4 Å². The van der Waals surface area contributed by atoms with Gasteiger partial charge in [-0.05, 0) is 41.1 Å². The van der Waals surface area contributed by atoms with Crippen molar-refractivity contribution in [3.05, 3.63) is 51.5 Å². The number of aliphatic hydroxyl groups excluding tert-OH is 1. The van der Waals surface area contributed by atoms with E-state index >= 15 is 0 Å². The Hall–Kier alpha value is -1.72. The number of fused-ring (bicyclic) bond motifs is 1. The smallest absolute Gasteiger partial charge is 0.232 e. The van der Waals surface area contributed by atoms with Crippen LogP contribution in [-0.4, -0.2) is 11.0 Å². The van der Waals surface area contributed by atoms with Crippen molar-refractivity contribution in [3.8, 4) is 0 Å². The van der Waals surface area contributed by atoms with Crippen LogP contribution in [0.2, 0.25) is 0 Å². The van der Waals surface area contributed by atoms with Gasteiger partial charge < -0.3 is 10.4 Å². The molecule has 1 aliphatic rings. The van der Waals surface area contributed by atoms with Crippen molar-refractivity contribution in [2.75, 3.05) is 5.32 Å². The van der Waals surface area contributed by atoms with Crippen molar-refractivity contribution >= 4 is 22.9 Å². The van der Waals surface area contributed by atoms with Crippen molar-refractivity contribution in [3.63, 3.8) is 0 Å². The van der Waals surface area contributed by atoms with E-state index in [9.17, 15) is 14.3 Å². The Bertz CT molecular complexity index is 654. The lowest BCUT2D eigenvalue weighted by Crippen LogP contribution is -2.10. The molecule has 2 unspecified atom stereocenters. The summed E-state index contributed by atoms with van der Waals surface area (Å²) in [5.74, 6) is -1.00. The summed E-state index contributed by atoms with van der Waals surface area (Å²) < 4.78 is 14.1. The average molecular weight is 291 g/mol. The van der Waals surface area contributed by atoms with Crippen molar-refractivity contribution in [1.29, 1.82) is 0 Å². The number of anilines is 1. The molecule has 0 saturated heterocycles. The maximum absolute atomic E-state index is 14.1. The number of hydrogen-bond acceptors (Lipinski definition) is 3. The fourth-order valence-electron chi connectivity index (χ4n) is 2.58. The van der Waals surface area contributed by atoms with E-state index in [2.05, 4.69) is 5.32 Å². The summed E-state index contributed by atoms with van der Waals surface area (Å²) >= 11 is 1.42. The Morgan fingerprint density at radius 1 is 1.50 bits per heavy atom. The highest BCUT2D eigenvalue weighted by atomic mass is 32.1. The summed E-state index contributed by atoms with van der Waals surface area (Å²) in [7, 11) is 0. The maximum atomic E-state index is 14.1. The van der Waals surface area contributed by atoms with Crippen LogP contribution in [0.5, 0.6) is 0 Å². The normalized spacial score (nSPS) is 18.8. The van der Waals surface area contributed by atoms with Gasteiger partial charge in [0.1, 0.15) is 11.9 Å². The van der Waals surface area contributed by atoms with Gasteiger partial charge in [0, 0.05) is 4.88 Å². The molecule has 20 heavy (non-hydrogen) atoms. The van der Waals surface area contributed by atoms with Crippen LogP contribution in [0.3, 0.4) is 0 Å². The molecule has 2 aromatic rings. The molecule has 1 aliphatic heterocycles. The second kappa shape index (κ2) is 5.00. The monoisotopic (exact) mass is 291 g/mol. The van der Waals surface area contributed by atoms with Crippen LogP contribution in [-0.2, 0) is 4.79 Å². The van der Waals surface area contributed by atoms with Gasteiger partial charge in [0.05, 0.1) is 11.6 Å². The standard InChI is InChI=1S/C15H14FNO2S/c1-2-9-10-6-8(14(18)12-4-3-5-20-12)7-11(16)13(10)17-15(9)19/h3-7,9,14,18H,2H2,1H3,(H,17,19). The minimum absolute atomic E-state index is 0.177. The first kappa shape index (κ1) is 13.3. The third-order valence-electron chi connectivity index (χ3n) is 3.62. The van der Waals surface area contributed by atoms with E-state index < -0.39 is 11.9 Å². The summed E-state index contributed by atoms with van der Waals surface area (Å²) in [6.07, 6.45) is -0.250. The highest BCUT2D eigenvalue weighted by Crippen LogP contribution is 2.39. The van der Waals surface area contributed by atoms with Crippen LogP contribution >= 0.6 is 11.3 Å². The molecule has 3 nitrogen and oxygen atoms in total. The van der Waals surface area contributed by atoms with Gasteiger partial charge in [0.25, 0.3) is 0 Å². The van der Waals surface area contributed by atoms with E-state index in [1.807, 2.05) is 18.4 Å². The van der Waals surface area contributed by atoms with E-state index in [1.165, 1.54) is 17.4 Å². The summed E-state index contributed by atoms with van der Waals surface area (Å²) in [5.41, 5.74) is 1.38. The minimum Gasteiger partial charge on any atom is -0.383 e. The van der Waals surface area contributed by atoms with Gasteiger partial charge in [0.15, 0.2) is 0 Å². The molecule has 1 aromatic heterocycles. The number of hydrogen-bond donors (Lipinski definition) is 2. The zero-order valence-corrected chi connectivity index (χ0v) is 11.7. The van der Waals surface area contributed by atoms with Gasteiger partial charge >= 0.3 is 0 Å². The lowest BCUT2D eigenvalue weighted by atomic mass is 9.94. The molecular weight excluding hydrogens is 277 g/mol. The lowest BCUT2D eigenvalue weighted by molar-refractivity contribution is -0.117. The second-order valence-electron chi connectivity index (χ2n) is 4.83. The number of thiophene rings is 1. The molecule has 104 valence electrons. The Labute approximate surface area is 120 Å². The number of carbonyl (C=O) groups is 1. The number of halogens is 1. The van der Waals surface area contributed by atoms with E-state index in [4.69, 9.17) is 0 Å². The highest BCUT2D eigenvalue weighted by Gasteiger charge is 2.32. The Morgan fingerprint density at radius 3 is 2.95 bits per heavy atom. The van der Waals surface area contributed by atoms with Crippen molar-refractivity contribution in [2.45, 2.75) is 25.4 Å². The molecule has 2 atom stereocenters. The average Bonchev–Trinajstić information content (AvgIpc) is 3.05. The van der Waals surface area contributed by atoms with Crippen LogP contribution in [0, 0.1) is 5.82 Å². The molecule has 0 spiro atoms. The maximum Gasteiger partial charge on any atom is 0.232 e. The first-order valence-electron chi connectivity index (χ1n) is 6.47. The number of nitrogens with one attached hydrogen (secondary N) is 1. The molecule has 1 amide bonds. The number of benzene rings is 1. The van der Waals surface area contributed by atoms with Gasteiger partial charge in [-0.15, -0.1) is 11.3 Å². The molecule has 2 N–H and O–H groups in total. The van der Waals surface area contributed by atoms with Crippen molar-refractivity contribution < 1.29 is 14.3 Å². The number of amides is 1. The van der Waals surface area contributed by atoms with Crippen molar-refractivity contribution in [1.82, 2.24) is 0 Å². The zero-order valence-electron chi connectivity index (χ0n) is 10.9. The molecule has 5 heteroatoms. The third-order valence-corrected chi connectivity index (χ3v) is 4.54. The molecule has 0 radical (unpaired) electrons. The topological polar surface area (TPSA) is 49.3 Å². The Balaban J connectivity index is 2.06. The zero-order chi connectivity index (χ0) is 14.3. The Kier molecular flexibility index (Phi) is 3.31. The van der Waals surface area contributed by atoms with Gasteiger partial charge in [-0.1, -0.05) is 13.0 Å². The molecule has 0 fully saturated rings. The number of carbonyl (C=O) groups excluding carboxylic acids is 1. The second-order valence-corrected chi connectivity index (χ2v) is 5.81. The first-order valence-corrected chi connectivity index (χ1v) is 7.35. The van der Waals surface area contributed by atoms with Crippen LogP contribution < -0.4 is 5.32 Å². The van der Waals surface area contributed by atoms with E-state index in [1.54, 1.807) is 12.1 Å². The summed E-state index contributed by atoms with van der Waals surface area (Å²) in [6.45, 7) is 1.89. The highest BCUT2D eigenvalue weighted by molar-refractivity contribution is 7.10. The SMILES string of the molecule is CCC1C(=O)Nc2c(F)cc(C(O)c3cccs3)cc21. The fourth-order valence-corrected chi connectivity index (χ4v) is 3.32. The van der Waals surface area contributed by atoms with Crippen LogP contribution in [0.15, 0.2) is 29.6 Å². The summed E-state index contributed by atoms with van der Waals surface area (Å²) in [4.78, 5) is 12.5. The number of aliphatic hydroxyl groups is 1. The molecule has 1 aromatic carbocycles. The molecule has 3 rings (SSSR count). The van der Waals surface area contributed by atoms with E-state index in [0.29, 0.717) is 17.5 Å². The van der Waals surface area contributed by atoms with Crippen LogP contribution in [0.4, 0.5) is 10.1 Å².